The molecular formula is C50H57N3O16S4. The van der Waals surface area contributed by atoms with Crippen LogP contribution in [-0.2, 0) is 71.5 Å². The summed E-state index contributed by atoms with van der Waals surface area (Å²) in [6.45, 7) is 8.46. The summed E-state index contributed by atoms with van der Waals surface area (Å²) in [5.41, 5.74) is 3.94. The number of amides is 2. The van der Waals surface area contributed by atoms with Gasteiger partial charge in [0.2, 0.25) is 5.69 Å². The van der Waals surface area contributed by atoms with E-state index in [1.54, 1.807) is 12.1 Å². The summed E-state index contributed by atoms with van der Waals surface area (Å²) >= 11 is -2.24. The molecule has 23 heteroatoms. The molecular weight excluding hydrogens is 1030 g/mol. The van der Waals surface area contributed by atoms with Crippen LogP contribution < -0.4 is 9.64 Å². The molecule has 4 aliphatic rings. The van der Waals surface area contributed by atoms with E-state index in [2.05, 4.69) is 0 Å². The van der Waals surface area contributed by atoms with Gasteiger partial charge in [0.25, 0.3) is 42.2 Å². The molecule has 0 bridgehead atoms. The Kier molecular flexibility index (Phi) is 16.4. The molecule has 3 N–H and O–H groups in total. The fourth-order valence-electron chi connectivity index (χ4n) is 9.63. The number of hydrogen-bond donors (Lipinski definition) is 3. The van der Waals surface area contributed by atoms with Crippen molar-refractivity contribution in [1.82, 2.24) is 5.06 Å². The first-order valence-corrected chi connectivity index (χ1v) is 29.1. The van der Waals surface area contributed by atoms with E-state index in [-0.39, 0.29) is 45.5 Å². The number of allylic oxidation sites excluding steroid dienone is 7. The SMILES string of the molecule is CC1(C)C(/C=C/C2=C(Oc3ccc(S(=O)(=O)O)cc3)C(=C/C=C3/N(CCCCS(=O)[O-])c4ccc(S(=O)(=O)O)cc4C3(C)C)/CCC2)=[N+](CCCCCC(=O)ON2C(=O)CCC2=O)c2ccc(S(=O)(=O)O)cc21. The molecule has 2 amide bonds. The summed E-state index contributed by atoms with van der Waals surface area (Å²) in [4.78, 5) is 42.5. The number of rotatable bonds is 20. The maximum atomic E-state index is 12.5. The van der Waals surface area contributed by atoms with Crippen molar-refractivity contribution >= 4 is 76.3 Å². The van der Waals surface area contributed by atoms with Crippen molar-refractivity contribution in [2.75, 3.05) is 23.7 Å². The lowest BCUT2D eigenvalue weighted by atomic mass is 9.81. The zero-order valence-electron chi connectivity index (χ0n) is 40.6. The highest BCUT2D eigenvalue weighted by molar-refractivity contribution is 7.86. The topological polar surface area (TPSA) is 282 Å². The van der Waals surface area contributed by atoms with Crippen LogP contribution in [0, 0.1) is 0 Å². The third-order valence-corrected chi connectivity index (χ3v) is 16.6. The van der Waals surface area contributed by atoms with Gasteiger partial charge in [0.1, 0.15) is 18.1 Å². The zero-order valence-corrected chi connectivity index (χ0v) is 43.9. The van der Waals surface area contributed by atoms with E-state index >= 15 is 0 Å². The standard InChI is InChI=1S/C50H57N3O16S4/c1-49(2)39-31-37(72(62,63)64)20-22-41(39)51(28-7-5-6-13-47(56)69-53-45(54)26-27-46(53)55)43(49)24-14-33-11-10-12-34(48(33)68-35-16-18-36(19-17-35)71(59,60)61)15-25-44-50(3,4)40-32-38(73(65,66)67)21-23-42(40)52(44)29-8-9-30-70(57)58/h14-25,31-32H,5-13,26-30H2,1-4H3,(H3-,57,58,59,60,61,62,63,64,65,66,67). The first kappa shape index (κ1) is 55.1. The summed E-state index contributed by atoms with van der Waals surface area (Å²) in [6.07, 6.45) is 11.5. The summed E-state index contributed by atoms with van der Waals surface area (Å²) < 4.78 is 134. The second kappa shape index (κ2) is 21.7. The van der Waals surface area contributed by atoms with Gasteiger partial charge in [-0.3, -0.25) is 27.5 Å². The Balaban J connectivity index is 1.27. The van der Waals surface area contributed by atoms with Gasteiger partial charge in [-0.05, 0) is 142 Å². The quantitative estimate of drug-likeness (QED) is 0.0329. The Bertz CT molecular complexity index is 3250. The Morgan fingerprint density at radius 2 is 1.36 bits per heavy atom. The van der Waals surface area contributed by atoms with E-state index < -0.39 is 70.0 Å². The van der Waals surface area contributed by atoms with Crippen LogP contribution in [0.15, 0.2) is 122 Å². The van der Waals surface area contributed by atoms with Gasteiger partial charge in [0.05, 0.1) is 20.1 Å². The monoisotopic (exact) mass is 1080 g/mol. The van der Waals surface area contributed by atoms with Crippen LogP contribution in [0.4, 0.5) is 11.4 Å². The van der Waals surface area contributed by atoms with Gasteiger partial charge in [-0.1, -0.05) is 31.0 Å². The van der Waals surface area contributed by atoms with Crippen LogP contribution in [0.1, 0.15) is 109 Å². The predicted molar refractivity (Wildman–Crippen MR) is 267 cm³/mol. The maximum Gasteiger partial charge on any atom is 0.333 e. The fraction of sp³-hybridized carbons (Fsp3) is 0.400. The van der Waals surface area contributed by atoms with E-state index in [0.717, 1.165) is 22.6 Å². The molecule has 0 spiro atoms. The van der Waals surface area contributed by atoms with Gasteiger partial charge in [-0.2, -0.15) is 29.8 Å². The predicted octanol–water partition coefficient (Wildman–Crippen LogP) is 7.31. The molecule has 3 heterocycles. The molecule has 3 aromatic carbocycles. The number of benzene rings is 3. The van der Waals surface area contributed by atoms with E-state index in [4.69, 9.17) is 9.57 Å². The molecule has 0 saturated carbocycles. The molecule has 73 heavy (non-hydrogen) atoms. The summed E-state index contributed by atoms with van der Waals surface area (Å²) in [7, 11) is -13.7. The van der Waals surface area contributed by atoms with Gasteiger partial charge in [0, 0.05) is 72.5 Å². The highest BCUT2D eigenvalue weighted by Crippen LogP contribution is 2.49. The number of unbranched alkanes of at least 4 members (excludes halogenated alkanes) is 3. The van der Waals surface area contributed by atoms with Crippen LogP contribution in [0.25, 0.3) is 0 Å². The number of carbonyl (C=O) groups excluding carboxylic acids is 3. The molecule has 3 aromatic rings. The van der Waals surface area contributed by atoms with Crippen molar-refractivity contribution in [2.24, 2.45) is 0 Å². The number of hydrogen-bond acceptors (Lipinski definition) is 14. The molecule has 1 fully saturated rings. The second-order valence-corrected chi connectivity index (χ2v) is 24.4. The van der Waals surface area contributed by atoms with Crippen LogP contribution in [-0.4, -0.2) is 99.6 Å². The Morgan fingerprint density at radius 3 is 1.99 bits per heavy atom. The van der Waals surface area contributed by atoms with Gasteiger partial charge < -0.3 is 19.0 Å². The number of carbonyl (C=O) groups is 3. The second-order valence-electron chi connectivity index (χ2n) is 19.2. The molecule has 1 unspecified atom stereocenters. The van der Waals surface area contributed by atoms with Gasteiger partial charge in [-0.15, -0.1) is 5.06 Å². The molecule has 392 valence electrons. The third kappa shape index (κ3) is 12.5. The lowest BCUT2D eigenvalue weighted by Crippen LogP contribution is -2.31. The molecule has 1 atom stereocenters. The molecule has 7 rings (SSSR count). The highest BCUT2D eigenvalue weighted by atomic mass is 32.2. The lowest BCUT2D eigenvalue weighted by Gasteiger charge is -2.27. The normalized spacial score (nSPS) is 19.4. The minimum absolute atomic E-state index is 0.0213. The van der Waals surface area contributed by atoms with E-state index in [1.807, 2.05) is 61.5 Å². The largest absolute Gasteiger partial charge is 0.772 e. The Labute approximate surface area is 427 Å². The highest BCUT2D eigenvalue weighted by Gasteiger charge is 2.45. The lowest BCUT2D eigenvalue weighted by molar-refractivity contribution is -0.438. The number of anilines is 1. The molecule has 0 radical (unpaired) electrons. The minimum atomic E-state index is -4.57. The molecule has 1 saturated heterocycles. The molecule has 3 aliphatic heterocycles. The van der Waals surface area contributed by atoms with Crippen LogP contribution >= 0.6 is 0 Å². The van der Waals surface area contributed by atoms with Gasteiger partial charge >= 0.3 is 5.97 Å². The number of ether oxygens (including phenoxy) is 1. The number of nitrogens with zero attached hydrogens (tertiary/aromatic N) is 3. The minimum Gasteiger partial charge on any atom is -0.772 e. The number of hydroxylamine groups is 2. The maximum absolute atomic E-state index is 12.5. The molecule has 19 nitrogen and oxygen atoms in total. The van der Waals surface area contributed by atoms with Crippen LogP contribution in [0.5, 0.6) is 5.75 Å². The summed E-state index contributed by atoms with van der Waals surface area (Å²) in [5.74, 6) is -1.21. The van der Waals surface area contributed by atoms with Crippen LogP contribution in [0.3, 0.4) is 0 Å². The first-order chi connectivity index (χ1) is 34.2. The summed E-state index contributed by atoms with van der Waals surface area (Å²) in [6, 6.07) is 14.0. The van der Waals surface area contributed by atoms with Crippen molar-refractivity contribution in [1.29, 1.82) is 0 Å². The van der Waals surface area contributed by atoms with Crippen LogP contribution in [0.2, 0.25) is 0 Å². The fourth-order valence-corrected chi connectivity index (χ4v) is 11.6. The average molecular weight is 1080 g/mol. The molecule has 1 aliphatic carbocycles. The molecule has 0 aromatic heterocycles. The first-order valence-electron chi connectivity index (χ1n) is 23.6. The number of imide groups is 1. The summed E-state index contributed by atoms with van der Waals surface area (Å²) in [5, 5.41) is 0.512. The Morgan fingerprint density at radius 1 is 0.740 bits per heavy atom. The van der Waals surface area contributed by atoms with E-state index in [0.29, 0.717) is 97.8 Å². The van der Waals surface area contributed by atoms with Crippen molar-refractivity contribution in [2.45, 2.75) is 124 Å². The third-order valence-electron chi connectivity index (χ3n) is 13.4. The zero-order chi connectivity index (χ0) is 53.3. The van der Waals surface area contributed by atoms with E-state index in [9.17, 15) is 62.1 Å². The Hall–Kier alpha value is -5.66. The van der Waals surface area contributed by atoms with Crippen molar-refractivity contribution in [3.05, 3.63) is 119 Å². The van der Waals surface area contributed by atoms with Gasteiger partial charge in [0.15, 0.2) is 5.71 Å². The van der Waals surface area contributed by atoms with Gasteiger partial charge in [-0.25, -0.2) is 4.79 Å². The van der Waals surface area contributed by atoms with Crippen molar-refractivity contribution < 1.29 is 76.2 Å². The van der Waals surface area contributed by atoms with Crippen molar-refractivity contribution in [3.8, 4) is 5.75 Å². The number of fused-ring (bicyclic) bond motifs is 2. The van der Waals surface area contributed by atoms with E-state index in [1.165, 1.54) is 48.5 Å². The smallest absolute Gasteiger partial charge is 0.333 e. The average Bonchev–Trinajstić information content (AvgIpc) is 3.82. The van der Waals surface area contributed by atoms with Crippen molar-refractivity contribution in [3.63, 3.8) is 0 Å².